The molecule has 156 valence electrons. The van der Waals surface area contributed by atoms with Gasteiger partial charge in [-0.25, -0.2) is 0 Å². The van der Waals surface area contributed by atoms with Crippen LogP contribution in [0.1, 0.15) is 49.0 Å². The Balaban J connectivity index is 1.39. The van der Waals surface area contributed by atoms with Gasteiger partial charge in [0.1, 0.15) is 0 Å². The smallest absolute Gasteiger partial charge is 0.282 e. The van der Waals surface area contributed by atoms with Gasteiger partial charge in [0.05, 0.1) is 26.0 Å². The third-order valence-corrected chi connectivity index (χ3v) is 7.87. The minimum atomic E-state index is -3.51. The summed E-state index contributed by atoms with van der Waals surface area (Å²) < 4.78 is 35.9. The van der Waals surface area contributed by atoms with E-state index in [-0.39, 0.29) is 23.7 Å². The average Bonchev–Trinajstić information content (AvgIpc) is 3.44. The van der Waals surface area contributed by atoms with E-state index in [1.165, 1.54) is 4.31 Å². The van der Waals surface area contributed by atoms with E-state index in [1.807, 2.05) is 0 Å². The van der Waals surface area contributed by atoms with Gasteiger partial charge in [0.2, 0.25) is 0 Å². The predicted molar refractivity (Wildman–Crippen MR) is 101 cm³/mol. The van der Waals surface area contributed by atoms with Gasteiger partial charge in [-0.05, 0) is 25.7 Å². The highest BCUT2D eigenvalue weighted by Crippen LogP contribution is 2.25. The molecule has 1 aliphatic carbocycles. The molecule has 28 heavy (non-hydrogen) atoms. The summed E-state index contributed by atoms with van der Waals surface area (Å²) >= 11 is 0. The third kappa shape index (κ3) is 4.22. The molecule has 1 aromatic heterocycles. The molecule has 1 N–H and O–H groups in total. The zero-order chi connectivity index (χ0) is 19.6. The number of morpholine rings is 1. The van der Waals surface area contributed by atoms with Gasteiger partial charge in [0.15, 0.2) is 5.69 Å². The Kier molecular flexibility index (Phi) is 5.95. The van der Waals surface area contributed by atoms with E-state index in [2.05, 4.69) is 15.6 Å². The zero-order valence-corrected chi connectivity index (χ0v) is 16.8. The van der Waals surface area contributed by atoms with Crippen LogP contribution in [0, 0.1) is 0 Å². The van der Waals surface area contributed by atoms with Gasteiger partial charge in [-0.3, -0.25) is 9.48 Å². The van der Waals surface area contributed by atoms with Crippen molar-refractivity contribution >= 4 is 16.1 Å². The van der Waals surface area contributed by atoms with Crippen molar-refractivity contribution < 1.29 is 17.9 Å². The highest BCUT2D eigenvalue weighted by atomic mass is 32.2. The van der Waals surface area contributed by atoms with E-state index < -0.39 is 10.2 Å². The topological polar surface area (TPSA) is 110 Å². The first-order valence-electron chi connectivity index (χ1n) is 10.1. The maximum atomic E-state index is 13.0. The lowest BCUT2D eigenvalue weighted by Gasteiger charge is -2.32. The Morgan fingerprint density at radius 2 is 1.89 bits per heavy atom. The monoisotopic (exact) mass is 412 g/mol. The number of carbonyl (C=O) groups is 1. The first kappa shape index (κ1) is 19.7. The summed E-state index contributed by atoms with van der Waals surface area (Å²) in [4.78, 5) is 12.3. The van der Waals surface area contributed by atoms with Crippen molar-refractivity contribution in [2.24, 2.45) is 0 Å². The molecule has 0 aromatic carbocycles. The number of amides is 1. The number of ether oxygens (including phenoxy) is 1. The quantitative estimate of drug-likeness (QED) is 0.704. The summed E-state index contributed by atoms with van der Waals surface area (Å²) in [5.41, 5.74) is 0.285. The first-order valence-corrected chi connectivity index (χ1v) is 11.5. The van der Waals surface area contributed by atoms with Crippen LogP contribution >= 0.6 is 0 Å². The van der Waals surface area contributed by atoms with Crippen molar-refractivity contribution in [3.8, 4) is 0 Å². The maximum absolute atomic E-state index is 13.0. The zero-order valence-electron chi connectivity index (χ0n) is 16.0. The van der Waals surface area contributed by atoms with E-state index in [0.717, 1.165) is 38.5 Å². The molecule has 10 nitrogen and oxygen atoms in total. The van der Waals surface area contributed by atoms with Crippen molar-refractivity contribution in [2.75, 3.05) is 32.8 Å². The third-order valence-electron chi connectivity index (χ3n) is 5.78. The number of nitrogens with one attached hydrogen (secondary N) is 1. The molecule has 1 amide bonds. The molecule has 0 bridgehead atoms. The van der Waals surface area contributed by atoms with E-state index in [9.17, 15) is 13.2 Å². The van der Waals surface area contributed by atoms with Gasteiger partial charge in [0, 0.05) is 31.7 Å². The maximum Gasteiger partial charge on any atom is 0.282 e. The van der Waals surface area contributed by atoms with E-state index in [0.29, 0.717) is 39.4 Å². The van der Waals surface area contributed by atoms with E-state index in [1.54, 1.807) is 15.2 Å². The molecule has 2 aliphatic heterocycles. The van der Waals surface area contributed by atoms with Gasteiger partial charge < -0.3 is 10.1 Å². The van der Waals surface area contributed by atoms with Crippen molar-refractivity contribution in [3.63, 3.8) is 0 Å². The van der Waals surface area contributed by atoms with Crippen LogP contribution in [0.5, 0.6) is 0 Å². The van der Waals surface area contributed by atoms with Crippen molar-refractivity contribution in [1.29, 1.82) is 0 Å². The molecule has 0 radical (unpaired) electrons. The number of carbonyl (C=O) groups excluding carboxylic acids is 1. The summed E-state index contributed by atoms with van der Waals surface area (Å²) in [6.45, 7) is 2.54. The van der Waals surface area contributed by atoms with Crippen LogP contribution in [-0.2, 0) is 21.5 Å². The van der Waals surface area contributed by atoms with Gasteiger partial charge in [-0.2, -0.15) is 17.0 Å². The highest BCUT2D eigenvalue weighted by molar-refractivity contribution is 7.86. The molecule has 0 unspecified atom stereocenters. The van der Waals surface area contributed by atoms with Crippen LogP contribution in [0.25, 0.3) is 0 Å². The largest absolute Gasteiger partial charge is 0.379 e. The molecule has 2 saturated heterocycles. The normalized spacial score (nSPS) is 25.4. The summed E-state index contributed by atoms with van der Waals surface area (Å²) in [5, 5.41) is 11.0. The number of rotatable bonds is 6. The van der Waals surface area contributed by atoms with Crippen LogP contribution < -0.4 is 5.32 Å². The molecular formula is C17H28N6O4S. The van der Waals surface area contributed by atoms with Crippen LogP contribution in [0.2, 0.25) is 0 Å². The van der Waals surface area contributed by atoms with Crippen LogP contribution in [0.15, 0.2) is 6.20 Å². The fourth-order valence-electron chi connectivity index (χ4n) is 4.26. The van der Waals surface area contributed by atoms with Crippen LogP contribution in [0.4, 0.5) is 0 Å². The lowest BCUT2D eigenvalue weighted by Crippen LogP contribution is -2.50. The molecule has 0 spiro atoms. The van der Waals surface area contributed by atoms with E-state index in [4.69, 9.17) is 4.74 Å². The summed E-state index contributed by atoms with van der Waals surface area (Å²) in [5.74, 6) is -0.206. The Morgan fingerprint density at radius 1 is 1.14 bits per heavy atom. The summed E-state index contributed by atoms with van der Waals surface area (Å²) in [6.07, 6.45) is 7.51. The van der Waals surface area contributed by atoms with Crippen molar-refractivity contribution in [3.05, 3.63) is 11.9 Å². The van der Waals surface area contributed by atoms with Gasteiger partial charge in [-0.15, -0.1) is 5.10 Å². The number of nitrogens with zero attached hydrogens (tertiary/aromatic N) is 5. The second-order valence-corrected chi connectivity index (χ2v) is 9.59. The Labute approximate surface area is 165 Å². The summed E-state index contributed by atoms with van der Waals surface area (Å²) in [7, 11) is -3.51. The standard InChI is InChI=1S/C17H28N6O4S/c24-17(18-14-4-1-2-5-14)16-13-21(20-19-16)12-15-6-3-7-23(15)28(25,26)22-8-10-27-11-9-22/h13-15H,1-12H2,(H,18,24)/t15-/m0/s1. The molecule has 3 heterocycles. The highest BCUT2D eigenvalue weighted by Gasteiger charge is 2.39. The minimum absolute atomic E-state index is 0.180. The lowest BCUT2D eigenvalue weighted by atomic mass is 10.2. The Morgan fingerprint density at radius 3 is 2.64 bits per heavy atom. The van der Waals surface area contributed by atoms with Gasteiger partial charge >= 0.3 is 0 Å². The molecular weight excluding hydrogens is 384 g/mol. The Hall–Kier alpha value is -1.56. The SMILES string of the molecule is O=C(NC1CCCC1)c1cn(C[C@@H]2CCCN2S(=O)(=O)N2CCOCC2)nn1. The number of aromatic nitrogens is 3. The number of hydrogen-bond acceptors (Lipinski definition) is 6. The van der Waals surface area contributed by atoms with Crippen molar-refractivity contribution in [1.82, 2.24) is 28.9 Å². The molecule has 1 saturated carbocycles. The van der Waals surface area contributed by atoms with Gasteiger partial charge in [0.25, 0.3) is 16.1 Å². The van der Waals surface area contributed by atoms with Gasteiger partial charge in [-0.1, -0.05) is 18.1 Å². The second kappa shape index (κ2) is 8.44. The molecule has 4 rings (SSSR count). The molecule has 3 fully saturated rings. The first-order chi connectivity index (χ1) is 13.5. The predicted octanol–water partition coefficient (Wildman–Crippen LogP) is -0.00810. The second-order valence-electron chi connectivity index (χ2n) is 7.71. The fourth-order valence-corrected chi connectivity index (χ4v) is 6.07. The van der Waals surface area contributed by atoms with Crippen LogP contribution in [0.3, 0.4) is 0 Å². The Bertz CT molecular complexity index is 785. The molecule has 3 aliphatic rings. The fraction of sp³-hybridized carbons (Fsp3) is 0.824. The number of hydrogen-bond donors (Lipinski definition) is 1. The average molecular weight is 413 g/mol. The summed E-state index contributed by atoms with van der Waals surface area (Å²) in [6, 6.07) is 0.0435. The van der Waals surface area contributed by atoms with Crippen molar-refractivity contribution in [2.45, 2.75) is 57.2 Å². The van der Waals surface area contributed by atoms with Crippen LogP contribution in [-0.4, -0.2) is 82.9 Å². The molecule has 1 aromatic rings. The lowest BCUT2D eigenvalue weighted by molar-refractivity contribution is 0.0697. The minimum Gasteiger partial charge on any atom is -0.379 e. The molecule has 1 atom stereocenters. The molecule has 11 heteroatoms. The van der Waals surface area contributed by atoms with E-state index >= 15 is 0 Å².